The number of hydrogen-bond acceptors (Lipinski definition) is 3. The average molecular weight is 789 g/mol. The molecule has 0 spiro atoms. The molecule has 0 aliphatic rings. The standard InChI is InChI=1S/C52H100O4/c1-2-56-52(55)50-48-46-44-42-40-38-36-34-32-30-28-26-24-22-20-18-16-14-12-10-8-6-4-3-5-7-9-11-13-15-17-19-21-23-25-27-29-31-33-35-37-39-41-43-45-47-49-51(53)54/h2H,1,3-50H2,(H,53,54). The van der Waals surface area contributed by atoms with E-state index < -0.39 is 5.97 Å². The van der Waals surface area contributed by atoms with Crippen molar-refractivity contribution >= 4 is 11.9 Å². The summed E-state index contributed by atoms with van der Waals surface area (Å²) in [6.45, 7) is 3.42. The van der Waals surface area contributed by atoms with Gasteiger partial charge in [-0.15, -0.1) is 0 Å². The lowest BCUT2D eigenvalue weighted by Gasteiger charge is -2.05. The first-order valence-corrected chi connectivity index (χ1v) is 25.7. The van der Waals surface area contributed by atoms with Crippen LogP contribution in [0.2, 0.25) is 0 Å². The van der Waals surface area contributed by atoms with E-state index in [1.165, 1.54) is 276 Å². The summed E-state index contributed by atoms with van der Waals surface area (Å²) < 4.78 is 4.75. The van der Waals surface area contributed by atoms with E-state index in [4.69, 9.17) is 9.84 Å². The van der Waals surface area contributed by atoms with Crippen LogP contribution in [0.3, 0.4) is 0 Å². The van der Waals surface area contributed by atoms with Crippen molar-refractivity contribution in [1.29, 1.82) is 0 Å². The van der Waals surface area contributed by atoms with Crippen LogP contribution in [-0.4, -0.2) is 17.0 Å². The molecule has 0 amide bonds. The van der Waals surface area contributed by atoms with Crippen LogP contribution in [0, 0.1) is 0 Å². The zero-order valence-electron chi connectivity index (χ0n) is 37.9. The summed E-state index contributed by atoms with van der Waals surface area (Å²) in [6, 6.07) is 0. The lowest BCUT2D eigenvalue weighted by Crippen LogP contribution is -1.98. The third-order valence-electron chi connectivity index (χ3n) is 12.2. The topological polar surface area (TPSA) is 63.6 Å². The van der Waals surface area contributed by atoms with Gasteiger partial charge in [0.25, 0.3) is 0 Å². The molecule has 4 nitrogen and oxygen atoms in total. The molecule has 0 atom stereocenters. The van der Waals surface area contributed by atoms with Crippen LogP contribution in [-0.2, 0) is 14.3 Å². The number of carboxylic acid groups (broad SMARTS) is 1. The Kier molecular flexibility index (Phi) is 48.7. The third kappa shape index (κ3) is 50.7. The summed E-state index contributed by atoms with van der Waals surface area (Å²) in [7, 11) is 0. The highest BCUT2D eigenvalue weighted by atomic mass is 16.5. The highest BCUT2D eigenvalue weighted by molar-refractivity contribution is 5.69. The van der Waals surface area contributed by atoms with Crippen molar-refractivity contribution in [3.05, 3.63) is 12.8 Å². The van der Waals surface area contributed by atoms with Crippen molar-refractivity contribution in [2.75, 3.05) is 0 Å². The number of aliphatic carboxylic acids is 1. The molecule has 56 heavy (non-hydrogen) atoms. The van der Waals surface area contributed by atoms with Gasteiger partial charge < -0.3 is 9.84 Å². The van der Waals surface area contributed by atoms with E-state index in [0.717, 1.165) is 25.7 Å². The molecule has 1 N–H and O–H groups in total. The number of hydrogen-bond donors (Lipinski definition) is 1. The van der Waals surface area contributed by atoms with Crippen molar-refractivity contribution in [1.82, 2.24) is 0 Å². The summed E-state index contributed by atoms with van der Waals surface area (Å²) in [4.78, 5) is 21.8. The van der Waals surface area contributed by atoms with Gasteiger partial charge in [-0.2, -0.15) is 0 Å². The van der Waals surface area contributed by atoms with Gasteiger partial charge in [-0.05, 0) is 12.8 Å². The lowest BCUT2D eigenvalue weighted by atomic mass is 10.0. The van der Waals surface area contributed by atoms with Crippen LogP contribution in [0.1, 0.15) is 308 Å². The zero-order valence-corrected chi connectivity index (χ0v) is 37.9. The molecule has 0 unspecified atom stereocenters. The lowest BCUT2D eigenvalue weighted by molar-refractivity contribution is -0.138. The Morgan fingerprint density at radius 1 is 0.286 bits per heavy atom. The minimum Gasteiger partial charge on any atom is -0.481 e. The molecule has 0 aliphatic heterocycles. The van der Waals surface area contributed by atoms with Gasteiger partial charge in [0, 0.05) is 12.8 Å². The van der Waals surface area contributed by atoms with E-state index in [1.54, 1.807) is 0 Å². The van der Waals surface area contributed by atoms with Crippen LogP contribution in [0.15, 0.2) is 12.8 Å². The Morgan fingerprint density at radius 3 is 0.571 bits per heavy atom. The predicted octanol–water partition coefficient (Wildman–Crippen LogP) is 18.5. The number of carboxylic acids is 1. The van der Waals surface area contributed by atoms with E-state index in [-0.39, 0.29) is 5.97 Å². The number of esters is 1. The fourth-order valence-corrected chi connectivity index (χ4v) is 8.48. The first-order valence-electron chi connectivity index (χ1n) is 25.7. The van der Waals surface area contributed by atoms with E-state index in [2.05, 4.69) is 6.58 Å². The van der Waals surface area contributed by atoms with Crippen molar-refractivity contribution in [3.8, 4) is 0 Å². The van der Waals surface area contributed by atoms with Crippen LogP contribution in [0.4, 0.5) is 0 Å². The second-order valence-electron chi connectivity index (χ2n) is 17.8. The molecule has 4 heteroatoms. The first kappa shape index (κ1) is 54.7. The maximum atomic E-state index is 11.3. The molecule has 0 rings (SSSR count). The zero-order chi connectivity index (χ0) is 40.5. The van der Waals surface area contributed by atoms with Gasteiger partial charge in [-0.25, -0.2) is 0 Å². The Bertz CT molecular complexity index is 779. The second kappa shape index (κ2) is 49.8. The summed E-state index contributed by atoms with van der Waals surface area (Å²) in [5.41, 5.74) is 0. The van der Waals surface area contributed by atoms with Crippen molar-refractivity contribution in [3.63, 3.8) is 0 Å². The molecule has 0 radical (unpaired) electrons. The van der Waals surface area contributed by atoms with Crippen molar-refractivity contribution in [2.45, 2.75) is 308 Å². The van der Waals surface area contributed by atoms with Gasteiger partial charge in [-0.3, -0.25) is 9.59 Å². The molecule has 0 heterocycles. The monoisotopic (exact) mass is 789 g/mol. The number of carbonyl (C=O) groups is 2. The Hall–Kier alpha value is -1.32. The third-order valence-corrected chi connectivity index (χ3v) is 12.2. The maximum absolute atomic E-state index is 11.3. The van der Waals surface area contributed by atoms with Gasteiger partial charge in [0.2, 0.25) is 0 Å². The molecule has 0 saturated carbocycles. The normalized spacial score (nSPS) is 11.4. The SMILES string of the molecule is C=COC(=O)CCCCCCCCCCCCCCCCCCCCCCCCCCCCCCCCCCCCCCCCCCCCCCCCC(=O)O. The highest BCUT2D eigenvalue weighted by Crippen LogP contribution is 2.18. The predicted molar refractivity (Wildman–Crippen MR) is 246 cm³/mol. The molecule has 0 aliphatic carbocycles. The van der Waals surface area contributed by atoms with E-state index in [0.29, 0.717) is 12.8 Å². The van der Waals surface area contributed by atoms with Gasteiger partial charge in [0.15, 0.2) is 0 Å². The molecule has 0 fully saturated rings. The summed E-state index contributed by atoms with van der Waals surface area (Å²) in [5, 5.41) is 8.66. The number of rotatable bonds is 50. The molecule has 0 aromatic rings. The summed E-state index contributed by atoms with van der Waals surface area (Å²) >= 11 is 0. The molecule has 0 aromatic heterocycles. The molecule has 0 aromatic carbocycles. The molecule has 0 bridgehead atoms. The van der Waals surface area contributed by atoms with Crippen LogP contribution in [0.5, 0.6) is 0 Å². The smallest absolute Gasteiger partial charge is 0.310 e. The first-order chi connectivity index (χ1) is 27.7. The highest BCUT2D eigenvalue weighted by Gasteiger charge is 2.01. The van der Waals surface area contributed by atoms with E-state index >= 15 is 0 Å². The van der Waals surface area contributed by atoms with Crippen molar-refractivity contribution in [2.24, 2.45) is 0 Å². The number of unbranched alkanes of at least 4 members (excludes halogenated alkanes) is 45. The molecular formula is C52H100O4. The van der Waals surface area contributed by atoms with Gasteiger partial charge in [0.05, 0.1) is 6.26 Å². The molecule has 0 saturated heterocycles. The van der Waals surface area contributed by atoms with Crippen LogP contribution >= 0.6 is 0 Å². The summed E-state index contributed by atoms with van der Waals surface area (Å²) in [6.07, 6.45) is 66.0. The Balaban J connectivity index is 3.07. The van der Waals surface area contributed by atoms with E-state index in [9.17, 15) is 9.59 Å². The number of carbonyl (C=O) groups excluding carboxylic acids is 1. The fourth-order valence-electron chi connectivity index (χ4n) is 8.48. The van der Waals surface area contributed by atoms with Gasteiger partial charge in [-0.1, -0.05) is 289 Å². The second-order valence-corrected chi connectivity index (χ2v) is 17.8. The fraction of sp³-hybridized carbons (Fsp3) is 0.923. The van der Waals surface area contributed by atoms with Crippen molar-refractivity contribution < 1.29 is 19.4 Å². The largest absolute Gasteiger partial charge is 0.481 e. The average Bonchev–Trinajstić information content (AvgIpc) is 3.19. The van der Waals surface area contributed by atoms with E-state index in [1.807, 2.05) is 0 Å². The maximum Gasteiger partial charge on any atom is 0.310 e. The summed E-state index contributed by atoms with van der Waals surface area (Å²) in [5.74, 6) is -0.794. The molecule has 332 valence electrons. The van der Waals surface area contributed by atoms with Gasteiger partial charge in [0.1, 0.15) is 0 Å². The molecular weight excluding hydrogens is 689 g/mol. The minimum absolute atomic E-state index is 0.145. The van der Waals surface area contributed by atoms with Gasteiger partial charge >= 0.3 is 11.9 Å². The quantitative estimate of drug-likeness (QED) is 0.0379. The Labute approximate surface area is 351 Å². The van der Waals surface area contributed by atoms with Crippen LogP contribution in [0.25, 0.3) is 0 Å². The minimum atomic E-state index is -0.649. The number of ether oxygens (including phenoxy) is 1. The van der Waals surface area contributed by atoms with Crippen LogP contribution < -0.4 is 0 Å². The Morgan fingerprint density at radius 2 is 0.429 bits per heavy atom.